The number of hydrogen-bond acceptors (Lipinski definition) is 3. The number of aryl methyl sites for hydroxylation is 1. The van der Waals surface area contributed by atoms with Gasteiger partial charge in [-0.05, 0) is 43.5 Å². The average molecular weight is 432 g/mol. The molecule has 5 heteroatoms. The molecule has 4 nitrogen and oxygen atoms in total. The third-order valence-corrected chi connectivity index (χ3v) is 6.34. The first-order valence-corrected chi connectivity index (χ1v) is 10.7. The van der Waals surface area contributed by atoms with Gasteiger partial charge >= 0.3 is 0 Å². The lowest BCUT2D eigenvalue weighted by Crippen LogP contribution is -2.58. The van der Waals surface area contributed by atoms with Gasteiger partial charge < -0.3 is 9.47 Å². The predicted molar refractivity (Wildman–Crippen MR) is 116 cm³/mol. The zero-order chi connectivity index (χ0) is 19.6. The molecule has 1 unspecified atom stereocenters. The highest BCUT2D eigenvalue weighted by Gasteiger charge is 2.34. The van der Waals surface area contributed by atoms with E-state index in [0.29, 0.717) is 18.1 Å². The van der Waals surface area contributed by atoms with Crippen molar-refractivity contribution in [2.75, 3.05) is 18.0 Å². The van der Waals surface area contributed by atoms with Crippen LogP contribution in [0.4, 0.5) is 5.69 Å². The second-order valence-electron chi connectivity index (χ2n) is 7.57. The van der Waals surface area contributed by atoms with Gasteiger partial charge in [-0.25, -0.2) is 0 Å². The van der Waals surface area contributed by atoms with Crippen molar-refractivity contribution in [3.8, 4) is 0 Å². The summed E-state index contributed by atoms with van der Waals surface area (Å²) in [5.41, 5.74) is 2.48. The number of anilines is 1. The van der Waals surface area contributed by atoms with E-state index in [4.69, 9.17) is 0 Å². The van der Waals surface area contributed by atoms with Crippen LogP contribution < -0.4 is 10.5 Å². The first-order valence-electron chi connectivity index (χ1n) is 9.89. The van der Waals surface area contributed by atoms with E-state index in [1.54, 1.807) is 17.7 Å². The molecule has 0 spiro atoms. The van der Waals surface area contributed by atoms with Crippen LogP contribution in [-0.4, -0.2) is 34.6 Å². The molecule has 0 bridgehead atoms. The summed E-state index contributed by atoms with van der Waals surface area (Å²) in [7, 11) is 1.80. The largest absolute Gasteiger partial charge is 0.366 e. The first-order chi connectivity index (χ1) is 12.9. The molecule has 1 aromatic heterocycles. The maximum atomic E-state index is 12.1. The summed E-state index contributed by atoms with van der Waals surface area (Å²) in [6.45, 7) is 8.77. The average Bonchev–Trinajstić information content (AvgIpc) is 2.66. The lowest BCUT2D eigenvalue weighted by Gasteiger charge is -2.49. The Kier molecular flexibility index (Phi) is 6.43. The van der Waals surface area contributed by atoms with Crippen molar-refractivity contribution >= 4 is 21.6 Å². The number of nitrogens with zero attached hydrogens (tertiary/aromatic N) is 3. The Hall–Kier alpha value is -1.59. The minimum atomic E-state index is 0.0523. The van der Waals surface area contributed by atoms with Crippen molar-refractivity contribution in [1.82, 2.24) is 9.47 Å². The Bertz CT molecular complexity index is 817. The second kappa shape index (κ2) is 8.61. The summed E-state index contributed by atoms with van der Waals surface area (Å²) in [6, 6.07) is 13.8. The molecule has 2 aromatic rings. The van der Waals surface area contributed by atoms with Crippen LogP contribution in [0.1, 0.15) is 45.2 Å². The molecule has 146 valence electrons. The van der Waals surface area contributed by atoms with Gasteiger partial charge in [-0.2, -0.15) is 0 Å². The monoisotopic (exact) mass is 431 g/mol. The van der Waals surface area contributed by atoms with E-state index in [1.165, 1.54) is 5.56 Å². The zero-order valence-corrected chi connectivity index (χ0v) is 18.3. The maximum Gasteiger partial charge on any atom is 0.252 e. The Labute approximate surface area is 170 Å². The van der Waals surface area contributed by atoms with E-state index in [0.717, 1.165) is 36.1 Å². The third-order valence-electron chi connectivity index (χ3n) is 5.82. The topological polar surface area (TPSA) is 28.5 Å². The van der Waals surface area contributed by atoms with E-state index >= 15 is 0 Å². The van der Waals surface area contributed by atoms with Crippen molar-refractivity contribution in [3.05, 3.63) is 63.0 Å². The van der Waals surface area contributed by atoms with Crippen LogP contribution in [0.5, 0.6) is 0 Å². The van der Waals surface area contributed by atoms with Gasteiger partial charge in [0.25, 0.3) is 5.56 Å². The number of hydrogen-bond donors (Lipinski definition) is 0. The predicted octanol–water partition coefficient (Wildman–Crippen LogP) is 4.59. The summed E-state index contributed by atoms with van der Waals surface area (Å²) in [5.74, 6) is 0. The first kappa shape index (κ1) is 20.2. The molecule has 1 saturated heterocycles. The van der Waals surface area contributed by atoms with Crippen LogP contribution in [0.15, 0.2) is 51.9 Å². The summed E-state index contributed by atoms with van der Waals surface area (Å²) < 4.78 is 2.75. The Balaban J connectivity index is 1.86. The summed E-state index contributed by atoms with van der Waals surface area (Å²) >= 11 is 3.54. The number of aromatic nitrogens is 1. The molecule has 0 N–H and O–H groups in total. The fourth-order valence-corrected chi connectivity index (χ4v) is 4.50. The maximum absolute atomic E-state index is 12.1. The minimum Gasteiger partial charge on any atom is -0.366 e. The van der Waals surface area contributed by atoms with E-state index in [-0.39, 0.29) is 5.56 Å². The van der Waals surface area contributed by atoms with Crippen molar-refractivity contribution in [3.63, 3.8) is 0 Å². The summed E-state index contributed by atoms with van der Waals surface area (Å²) in [5, 5.41) is 0. The highest BCUT2D eigenvalue weighted by atomic mass is 79.9. The molecule has 0 saturated carbocycles. The normalized spacial score (nSPS) is 22.0. The number of benzene rings is 1. The van der Waals surface area contributed by atoms with Gasteiger partial charge in [0.1, 0.15) is 0 Å². The quantitative estimate of drug-likeness (QED) is 0.692. The van der Waals surface area contributed by atoms with Gasteiger partial charge in [0.2, 0.25) is 0 Å². The smallest absolute Gasteiger partial charge is 0.252 e. The molecule has 0 radical (unpaired) electrons. The zero-order valence-electron chi connectivity index (χ0n) is 16.7. The molecule has 27 heavy (non-hydrogen) atoms. The SMILES string of the molecule is CCC(c1ccc(Br)cc1)N1C[C@H](C)N(c2ccn(C)c(=O)c2)C[C@H]1CC. The minimum absolute atomic E-state index is 0.0523. The fraction of sp³-hybridized carbons (Fsp3) is 0.500. The van der Waals surface area contributed by atoms with Gasteiger partial charge in [0.15, 0.2) is 0 Å². The van der Waals surface area contributed by atoms with Crippen LogP contribution >= 0.6 is 15.9 Å². The van der Waals surface area contributed by atoms with Crippen LogP contribution in [0.3, 0.4) is 0 Å². The van der Waals surface area contributed by atoms with Gasteiger partial charge in [-0.15, -0.1) is 0 Å². The number of halogens is 1. The number of pyridine rings is 1. The van der Waals surface area contributed by atoms with Crippen LogP contribution in [-0.2, 0) is 7.05 Å². The Morgan fingerprint density at radius 1 is 1.15 bits per heavy atom. The van der Waals surface area contributed by atoms with Crippen molar-refractivity contribution < 1.29 is 0 Å². The molecule has 1 aliphatic heterocycles. The van der Waals surface area contributed by atoms with Crippen molar-refractivity contribution in [1.29, 1.82) is 0 Å². The van der Waals surface area contributed by atoms with E-state index in [1.807, 2.05) is 6.20 Å². The number of rotatable bonds is 5. The fourth-order valence-electron chi connectivity index (χ4n) is 4.23. The molecular weight excluding hydrogens is 402 g/mol. The van der Waals surface area contributed by atoms with E-state index in [2.05, 4.69) is 76.8 Å². The summed E-state index contributed by atoms with van der Waals surface area (Å²) in [6.07, 6.45) is 4.06. The molecule has 1 aromatic carbocycles. The molecule has 0 amide bonds. The molecule has 1 aliphatic rings. The van der Waals surface area contributed by atoms with Crippen molar-refractivity contribution in [2.24, 2.45) is 7.05 Å². The standard InChI is InChI=1S/C22H30BrN3O/c1-5-19-15-25(20-11-12-24(4)22(27)13-20)16(3)14-26(19)21(6-2)17-7-9-18(23)10-8-17/h7-13,16,19,21H,5-6,14-15H2,1-4H3/t16-,19+,21?/m0/s1. The van der Waals surface area contributed by atoms with Gasteiger partial charge in [-0.1, -0.05) is 41.9 Å². The van der Waals surface area contributed by atoms with E-state index < -0.39 is 0 Å². The van der Waals surface area contributed by atoms with E-state index in [9.17, 15) is 4.79 Å². The lowest BCUT2D eigenvalue weighted by molar-refractivity contribution is 0.0942. The molecular formula is C22H30BrN3O. The third kappa shape index (κ3) is 4.30. The molecule has 1 fully saturated rings. The molecule has 3 atom stereocenters. The highest BCUT2D eigenvalue weighted by molar-refractivity contribution is 9.10. The number of piperazine rings is 1. The molecule has 0 aliphatic carbocycles. The van der Waals surface area contributed by atoms with Gasteiger partial charge in [0, 0.05) is 60.7 Å². The van der Waals surface area contributed by atoms with Gasteiger partial charge in [0.05, 0.1) is 0 Å². The van der Waals surface area contributed by atoms with Crippen LogP contribution in [0.2, 0.25) is 0 Å². The highest BCUT2D eigenvalue weighted by Crippen LogP contribution is 2.33. The van der Waals surface area contributed by atoms with Gasteiger partial charge in [-0.3, -0.25) is 9.69 Å². The molecule has 2 heterocycles. The lowest BCUT2D eigenvalue weighted by atomic mass is 9.96. The van der Waals surface area contributed by atoms with Crippen LogP contribution in [0, 0.1) is 0 Å². The Morgan fingerprint density at radius 3 is 2.44 bits per heavy atom. The Morgan fingerprint density at radius 2 is 1.85 bits per heavy atom. The second-order valence-corrected chi connectivity index (χ2v) is 8.49. The van der Waals surface area contributed by atoms with Crippen LogP contribution in [0.25, 0.3) is 0 Å². The molecule has 3 rings (SSSR count). The summed E-state index contributed by atoms with van der Waals surface area (Å²) in [4.78, 5) is 17.2. The van der Waals surface area contributed by atoms with Crippen molar-refractivity contribution in [2.45, 2.75) is 51.7 Å².